The van der Waals surface area contributed by atoms with E-state index < -0.39 is 4.92 Å². The Morgan fingerprint density at radius 3 is 2.90 bits per heavy atom. The summed E-state index contributed by atoms with van der Waals surface area (Å²) in [4.78, 5) is 14.8. The average Bonchev–Trinajstić information content (AvgIpc) is 3.28. The van der Waals surface area contributed by atoms with Crippen LogP contribution in [0.2, 0.25) is 0 Å². The molecular formula is C14H16N4O2. The lowest BCUT2D eigenvalue weighted by atomic mass is 10.1. The van der Waals surface area contributed by atoms with Gasteiger partial charge in [-0.15, -0.1) is 0 Å². The highest BCUT2D eigenvalue weighted by Crippen LogP contribution is 2.35. The first kappa shape index (κ1) is 12.8. The van der Waals surface area contributed by atoms with E-state index in [1.54, 1.807) is 12.3 Å². The molecule has 1 fully saturated rings. The average molecular weight is 272 g/mol. The van der Waals surface area contributed by atoms with Gasteiger partial charge in [0.25, 0.3) is 5.69 Å². The number of fused-ring (bicyclic) bond motifs is 1. The van der Waals surface area contributed by atoms with E-state index in [2.05, 4.69) is 10.3 Å². The van der Waals surface area contributed by atoms with Crippen LogP contribution in [0.25, 0.3) is 10.9 Å². The monoisotopic (exact) mass is 272 g/mol. The van der Waals surface area contributed by atoms with Crippen molar-refractivity contribution in [1.29, 1.82) is 0 Å². The quantitative estimate of drug-likeness (QED) is 0.643. The van der Waals surface area contributed by atoms with E-state index in [1.807, 2.05) is 12.1 Å². The second-order valence-electron chi connectivity index (χ2n) is 5.11. The Balaban J connectivity index is 2.02. The molecule has 1 aromatic carbocycles. The first-order valence-electron chi connectivity index (χ1n) is 6.69. The van der Waals surface area contributed by atoms with Crippen molar-refractivity contribution in [3.63, 3.8) is 0 Å². The highest BCUT2D eigenvalue weighted by atomic mass is 16.6. The van der Waals surface area contributed by atoms with Gasteiger partial charge in [0, 0.05) is 35.9 Å². The summed E-state index contributed by atoms with van der Waals surface area (Å²) < 4.78 is 0. The Labute approximate surface area is 116 Å². The van der Waals surface area contributed by atoms with E-state index in [0.717, 1.165) is 11.1 Å². The molecule has 0 aliphatic heterocycles. The molecule has 0 bridgehead atoms. The number of benzene rings is 1. The number of nitro benzene ring substituents is 1. The molecule has 1 unspecified atom stereocenters. The molecule has 3 rings (SSSR count). The molecule has 1 saturated carbocycles. The number of anilines is 1. The zero-order chi connectivity index (χ0) is 14.1. The molecule has 0 amide bonds. The van der Waals surface area contributed by atoms with Crippen LogP contribution in [0.15, 0.2) is 30.5 Å². The van der Waals surface area contributed by atoms with Crippen LogP contribution in [0.4, 0.5) is 11.4 Å². The van der Waals surface area contributed by atoms with Crippen LogP contribution < -0.4 is 11.1 Å². The zero-order valence-corrected chi connectivity index (χ0v) is 11.0. The molecule has 6 nitrogen and oxygen atoms in total. The van der Waals surface area contributed by atoms with Gasteiger partial charge in [0.05, 0.1) is 4.92 Å². The Bertz CT molecular complexity index is 655. The highest BCUT2D eigenvalue weighted by molar-refractivity contribution is 5.96. The van der Waals surface area contributed by atoms with E-state index in [9.17, 15) is 10.1 Å². The summed E-state index contributed by atoms with van der Waals surface area (Å²) in [6.45, 7) is 0.559. The van der Waals surface area contributed by atoms with E-state index >= 15 is 0 Å². The summed E-state index contributed by atoms with van der Waals surface area (Å²) in [5, 5.41) is 15.2. The molecule has 1 aliphatic rings. The molecule has 1 heterocycles. The summed E-state index contributed by atoms with van der Waals surface area (Å²) in [6, 6.07) is 7.07. The Morgan fingerprint density at radius 1 is 1.45 bits per heavy atom. The molecule has 0 radical (unpaired) electrons. The van der Waals surface area contributed by atoms with Crippen molar-refractivity contribution in [2.24, 2.45) is 11.7 Å². The van der Waals surface area contributed by atoms with E-state index in [4.69, 9.17) is 5.73 Å². The van der Waals surface area contributed by atoms with Crippen LogP contribution in [0.5, 0.6) is 0 Å². The lowest BCUT2D eigenvalue weighted by Crippen LogP contribution is -2.30. The summed E-state index contributed by atoms with van der Waals surface area (Å²) in [7, 11) is 0. The number of nitrogens with zero attached hydrogens (tertiary/aromatic N) is 2. The van der Waals surface area contributed by atoms with Crippen LogP contribution >= 0.6 is 0 Å². The van der Waals surface area contributed by atoms with Crippen molar-refractivity contribution >= 4 is 22.3 Å². The Kier molecular flexibility index (Phi) is 3.23. The van der Waals surface area contributed by atoms with E-state index in [0.29, 0.717) is 18.0 Å². The third-order valence-corrected chi connectivity index (χ3v) is 3.73. The minimum absolute atomic E-state index is 0.0295. The number of rotatable bonds is 5. The van der Waals surface area contributed by atoms with Crippen LogP contribution in [0.3, 0.4) is 0 Å². The first-order valence-corrected chi connectivity index (χ1v) is 6.69. The molecule has 6 heteroatoms. The SMILES string of the molecule is NCC(Nc1ccnc2c([N+](=O)[O-])cccc12)C1CC1. The topological polar surface area (TPSA) is 94.1 Å². The molecule has 1 aliphatic carbocycles. The maximum absolute atomic E-state index is 11.0. The number of hydrogen-bond acceptors (Lipinski definition) is 5. The number of non-ortho nitro benzene ring substituents is 1. The van der Waals surface area contributed by atoms with Crippen molar-refractivity contribution in [3.8, 4) is 0 Å². The molecular weight excluding hydrogens is 256 g/mol. The van der Waals surface area contributed by atoms with Gasteiger partial charge in [-0.2, -0.15) is 0 Å². The first-order chi connectivity index (χ1) is 9.70. The van der Waals surface area contributed by atoms with Crippen molar-refractivity contribution in [1.82, 2.24) is 4.98 Å². The van der Waals surface area contributed by atoms with Gasteiger partial charge in [-0.25, -0.2) is 4.98 Å². The molecule has 0 spiro atoms. The van der Waals surface area contributed by atoms with Gasteiger partial charge < -0.3 is 11.1 Å². The fourth-order valence-corrected chi connectivity index (χ4v) is 2.50. The fraction of sp³-hybridized carbons (Fsp3) is 0.357. The Morgan fingerprint density at radius 2 is 2.25 bits per heavy atom. The van der Waals surface area contributed by atoms with Crippen LogP contribution in [0.1, 0.15) is 12.8 Å². The number of aromatic nitrogens is 1. The van der Waals surface area contributed by atoms with Crippen molar-refractivity contribution in [2.75, 3.05) is 11.9 Å². The second kappa shape index (κ2) is 5.05. The molecule has 20 heavy (non-hydrogen) atoms. The number of nitrogens with two attached hydrogens (primary N) is 1. The van der Waals surface area contributed by atoms with Crippen molar-refractivity contribution in [2.45, 2.75) is 18.9 Å². The van der Waals surface area contributed by atoms with Gasteiger partial charge in [-0.1, -0.05) is 12.1 Å². The lowest BCUT2D eigenvalue weighted by Gasteiger charge is -2.18. The number of para-hydroxylation sites is 1. The van der Waals surface area contributed by atoms with Gasteiger partial charge in [0.1, 0.15) is 5.52 Å². The number of nitro groups is 1. The number of hydrogen-bond donors (Lipinski definition) is 2. The largest absolute Gasteiger partial charge is 0.380 e. The predicted molar refractivity (Wildman–Crippen MR) is 77.6 cm³/mol. The molecule has 2 aromatic rings. The lowest BCUT2D eigenvalue weighted by molar-refractivity contribution is -0.383. The van der Waals surface area contributed by atoms with E-state index in [1.165, 1.54) is 18.9 Å². The van der Waals surface area contributed by atoms with Crippen molar-refractivity contribution in [3.05, 3.63) is 40.6 Å². The smallest absolute Gasteiger partial charge is 0.295 e. The highest BCUT2D eigenvalue weighted by Gasteiger charge is 2.30. The third kappa shape index (κ3) is 2.30. The van der Waals surface area contributed by atoms with Crippen LogP contribution in [-0.4, -0.2) is 22.5 Å². The van der Waals surface area contributed by atoms with Gasteiger partial charge in [0.15, 0.2) is 0 Å². The third-order valence-electron chi connectivity index (χ3n) is 3.73. The van der Waals surface area contributed by atoms with Gasteiger partial charge in [-0.05, 0) is 24.8 Å². The summed E-state index contributed by atoms with van der Waals surface area (Å²) in [6.07, 6.45) is 3.98. The summed E-state index contributed by atoms with van der Waals surface area (Å²) in [5.41, 5.74) is 7.10. The Hall–Kier alpha value is -2.21. The zero-order valence-electron chi connectivity index (χ0n) is 11.0. The van der Waals surface area contributed by atoms with Gasteiger partial charge in [-0.3, -0.25) is 10.1 Å². The molecule has 1 atom stereocenters. The van der Waals surface area contributed by atoms with Gasteiger partial charge in [0.2, 0.25) is 0 Å². The van der Waals surface area contributed by atoms with Crippen LogP contribution in [-0.2, 0) is 0 Å². The predicted octanol–water partition coefficient (Wildman–Crippen LogP) is 2.29. The molecule has 104 valence electrons. The fourth-order valence-electron chi connectivity index (χ4n) is 2.50. The molecule has 1 aromatic heterocycles. The number of pyridine rings is 1. The van der Waals surface area contributed by atoms with Gasteiger partial charge >= 0.3 is 0 Å². The second-order valence-corrected chi connectivity index (χ2v) is 5.11. The summed E-state index contributed by atoms with van der Waals surface area (Å²) >= 11 is 0. The molecule has 3 N–H and O–H groups in total. The summed E-state index contributed by atoms with van der Waals surface area (Å²) in [5.74, 6) is 0.613. The van der Waals surface area contributed by atoms with Crippen LogP contribution in [0, 0.1) is 16.0 Å². The number of nitrogens with one attached hydrogen (secondary N) is 1. The maximum Gasteiger partial charge on any atom is 0.295 e. The maximum atomic E-state index is 11.0. The standard InChI is InChI=1S/C14H16N4O2/c15-8-12(9-4-5-9)17-11-6-7-16-14-10(11)2-1-3-13(14)18(19)20/h1-3,6-7,9,12H,4-5,8,15H2,(H,16,17). The van der Waals surface area contributed by atoms with Crippen molar-refractivity contribution < 1.29 is 4.92 Å². The normalized spacial score (nSPS) is 16.1. The molecule has 0 saturated heterocycles. The minimum Gasteiger partial charge on any atom is -0.380 e. The minimum atomic E-state index is -0.402. The van der Waals surface area contributed by atoms with E-state index in [-0.39, 0.29) is 11.7 Å².